The van der Waals surface area contributed by atoms with E-state index in [1.54, 1.807) is 12.1 Å². The molecule has 0 bridgehead atoms. The van der Waals surface area contributed by atoms with E-state index >= 15 is 0 Å². The van der Waals surface area contributed by atoms with Crippen molar-refractivity contribution in [1.82, 2.24) is 9.21 Å². The van der Waals surface area contributed by atoms with Crippen molar-refractivity contribution < 1.29 is 17.9 Å². The van der Waals surface area contributed by atoms with Crippen molar-refractivity contribution in [2.75, 3.05) is 39.8 Å². The molecule has 1 aliphatic heterocycles. The van der Waals surface area contributed by atoms with Gasteiger partial charge in [0.15, 0.2) is 0 Å². The quantitative estimate of drug-likeness (QED) is 0.709. The monoisotopic (exact) mass is 388 g/mol. The molecule has 1 fully saturated rings. The van der Waals surface area contributed by atoms with Gasteiger partial charge in [0.25, 0.3) is 0 Å². The number of nitrogens with zero attached hydrogens (tertiary/aromatic N) is 2. The van der Waals surface area contributed by atoms with Crippen molar-refractivity contribution in [3.05, 3.63) is 65.7 Å². The molecule has 0 amide bonds. The summed E-state index contributed by atoms with van der Waals surface area (Å²) in [6.07, 6.45) is 0.953. The number of ether oxygens (including phenoxy) is 1. The number of hydrogen-bond acceptors (Lipinski definition) is 5. The SMILES string of the molecule is COC(=O)c1cccc(S(=O)(=O)N2CCN(CCc3ccccc3)CC2)c1. The maximum Gasteiger partial charge on any atom is 0.337 e. The molecular formula is C20H24N2O4S. The molecule has 1 saturated heterocycles. The van der Waals surface area contributed by atoms with Crippen LogP contribution in [0.2, 0.25) is 0 Å². The number of rotatable bonds is 6. The minimum absolute atomic E-state index is 0.128. The lowest BCUT2D eigenvalue weighted by Gasteiger charge is -2.34. The average molecular weight is 388 g/mol. The predicted molar refractivity (Wildman–Crippen MR) is 103 cm³/mol. The van der Waals surface area contributed by atoms with Crippen molar-refractivity contribution in [3.8, 4) is 0 Å². The molecule has 3 rings (SSSR count). The van der Waals surface area contributed by atoms with Gasteiger partial charge in [0, 0.05) is 32.7 Å². The Bertz CT molecular complexity index is 876. The minimum atomic E-state index is -3.62. The first-order chi connectivity index (χ1) is 13.0. The largest absolute Gasteiger partial charge is 0.465 e. The zero-order valence-corrected chi connectivity index (χ0v) is 16.2. The first-order valence-electron chi connectivity index (χ1n) is 8.95. The van der Waals surface area contributed by atoms with Gasteiger partial charge in [0.2, 0.25) is 10.0 Å². The van der Waals surface area contributed by atoms with Crippen molar-refractivity contribution >= 4 is 16.0 Å². The van der Waals surface area contributed by atoms with Crippen LogP contribution in [0.5, 0.6) is 0 Å². The second-order valence-electron chi connectivity index (χ2n) is 6.50. The lowest BCUT2D eigenvalue weighted by Crippen LogP contribution is -2.49. The molecule has 2 aromatic carbocycles. The Hall–Kier alpha value is -2.22. The zero-order valence-electron chi connectivity index (χ0n) is 15.4. The van der Waals surface area contributed by atoms with E-state index < -0.39 is 16.0 Å². The fourth-order valence-corrected chi connectivity index (χ4v) is 4.64. The summed E-state index contributed by atoms with van der Waals surface area (Å²) in [5.74, 6) is -0.544. The van der Waals surface area contributed by atoms with Crippen LogP contribution in [0.1, 0.15) is 15.9 Å². The zero-order chi connectivity index (χ0) is 19.3. The summed E-state index contributed by atoms with van der Waals surface area (Å²) in [4.78, 5) is 14.1. The maximum absolute atomic E-state index is 12.9. The van der Waals surface area contributed by atoms with Crippen LogP contribution in [-0.2, 0) is 21.2 Å². The van der Waals surface area contributed by atoms with Gasteiger partial charge in [-0.1, -0.05) is 36.4 Å². The van der Waals surface area contributed by atoms with Crippen molar-refractivity contribution in [2.24, 2.45) is 0 Å². The summed E-state index contributed by atoms with van der Waals surface area (Å²) in [5, 5.41) is 0. The van der Waals surface area contributed by atoms with Crippen LogP contribution in [-0.4, -0.2) is 63.4 Å². The van der Waals surface area contributed by atoms with Gasteiger partial charge in [-0.3, -0.25) is 0 Å². The standard InChI is InChI=1S/C20H24N2O4S/c1-26-20(23)18-8-5-9-19(16-18)27(24,25)22-14-12-21(13-15-22)11-10-17-6-3-2-4-7-17/h2-9,16H,10-15H2,1H3. The Kier molecular flexibility index (Phi) is 6.26. The fraction of sp³-hybridized carbons (Fsp3) is 0.350. The lowest BCUT2D eigenvalue weighted by molar-refractivity contribution is 0.0600. The summed E-state index contributed by atoms with van der Waals surface area (Å²) in [6.45, 7) is 3.19. The molecular weight excluding hydrogens is 364 g/mol. The van der Waals surface area contributed by atoms with Crippen LogP contribution >= 0.6 is 0 Å². The highest BCUT2D eigenvalue weighted by Gasteiger charge is 2.28. The molecule has 27 heavy (non-hydrogen) atoms. The van der Waals surface area contributed by atoms with Crippen LogP contribution in [0.3, 0.4) is 0 Å². The number of hydrogen-bond donors (Lipinski definition) is 0. The normalized spacial score (nSPS) is 16.2. The van der Waals surface area contributed by atoms with Gasteiger partial charge in [-0.05, 0) is 30.2 Å². The number of sulfonamides is 1. The molecule has 6 nitrogen and oxygen atoms in total. The first-order valence-corrected chi connectivity index (χ1v) is 10.4. The smallest absolute Gasteiger partial charge is 0.337 e. The molecule has 144 valence electrons. The number of esters is 1. The Labute approximate surface area is 160 Å². The number of carbonyl (C=O) groups excluding carboxylic acids is 1. The molecule has 7 heteroatoms. The molecule has 2 aromatic rings. The van der Waals surface area contributed by atoms with Gasteiger partial charge in [-0.2, -0.15) is 4.31 Å². The molecule has 0 atom stereocenters. The number of carbonyl (C=O) groups is 1. The van der Waals surface area contributed by atoms with E-state index in [-0.39, 0.29) is 10.5 Å². The van der Waals surface area contributed by atoms with Crippen LogP contribution in [0.4, 0.5) is 0 Å². The molecule has 0 aromatic heterocycles. The third-order valence-electron chi connectivity index (χ3n) is 4.78. The number of benzene rings is 2. The average Bonchev–Trinajstić information content (AvgIpc) is 2.73. The van der Waals surface area contributed by atoms with Gasteiger partial charge in [-0.15, -0.1) is 0 Å². The molecule has 0 radical (unpaired) electrons. The summed E-state index contributed by atoms with van der Waals surface area (Å²) in [7, 11) is -2.34. The second-order valence-corrected chi connectivity index (χ2v) is 8.44. The van der Waals surface area contributed by atoms with Gasteiger partial charge in [0.05, 0.1) is 17.6 Å². The summed E-state index contributed by atoms with van der Waals surface area (Å²) >= 11 is 0. The van der Waals surface area contributed by atoms with Gasteiger partial charge >= 0.3 is 5.97 Å². The van der Waals surface area contributed by atoms with Crippen molar-refractivity contribution in [3.63, 3.8) is 0 Å². The van der Waals surface area contributed by atoms with Gasteiger partial charge in [0.1, 0.15) is 0 Å². The molecule has 0 spiro atoms. The fourth-order valence-electron chi connectivity index (χ4n) is 3.18. The Morgan fingerprint density at radius 1 is 1.00 bits per heavy atom. The number of methoxy groups -OCH3 is 1. The lowest BCUT2D eigenvalue weighted by atomic mass is 10.1. The molecule has 1 aliphatic rings. The van der Waals surface area contributed by atoms with E-state index in [1.807, 2.05) is 18.2 Å². The molecule has 0 saturated carbocycles. The summed E-state index contributed by atoms with van der Waals surface area (Å²) in [6, 6.07) is 16.3. The first kappa shape index (κ1) is 19.5. The van der Waals surface area contributed by atoms with E-state index in [4.69, 9.17) is 0 Å². The maximum atomic E-state index is 12.9. The molecule has 0 aliphatic carbocycles. The highest BCUT2D eigenvalue weighted by molar-refractivity contribution is 7.89. The van der Waals surface area contributed by atoms with E-state index in [1.165, 1.54) is 29.1 Å². The molecule has 0 unspecified atom stereocenters. The summed E-state index contributed by atoms with van der Waals surface area (Å²) < 4.78 is 31.9. The highest BCUT2D eigenvalue weighted by atomic mass is 32.2. The van der Waals surface area contributed by atoms with Crippen molar-refractivity contribution in [1.29, 1.82) is 0 Å². The van der Waals surface area contributed by atoms with Crippen LogP contribution < -0.4 is 0 Å². The Morgan fingerprint density at radius 3 is 2.37 bits per heavy atom. The van der Waals surface area contributed by atoms with Crippen LogP contribution in [0.25, 0.3) is 0 Å². The van der Waals surface area contributed by atoms with Crippen LogP contribution in [0, 0.1) is 0 Å². The van der Waals surface area contributed by atoms with E-state index in [0.29, 0.717) is 26.2 Å². The Balaban J connectivity index is 1.60. The van der Waals surface area contributed by atoms with E-state index in [2.05, 4.69) is 21.8 Å². The predicted octanol–water partition coefficient (Wildman–Crippen LogP) is 2.02. The van der Waals surface area contributed by atoms with E-state index in [0.717, 1.165) is 13.0 Å². The topological polar surface area (TPSA) is 66.9 Å². The summed E-state index contributed by atoms with van der Waals surface area (Å²) in [5.41, 5.74) is 1.52. The third kappa shape index (κ3) is 4.74. The third-order valence-corrected chi connectivity index (χ3v) is 6.68. The Morgan fingerprint density at radius 2 is 1.70 bits per heavy atom. The number of piperazine rings is 1. The van der Waals surface area contributed by atoms with E-state index in [9.17, 15) is 13.2 Å². The minimum Gasteiger partial charge on any atom is -0.465 e. The molecule has 1 heterocycles. The molecule has 0 N–H and O–H groups in total. The highest BCUT2D eigenvalue weighted by Crippen LogP contribution is 2.19. The van der Waals surface area contributed by atoms with Gasteiger partial charge in [-0.25, -0.2) is 13.2 Å². The van der Waals surface area contributed by atoms with Gasteiger partial charge < -0.3 is 9.64 Å². The van der Waals surface area contributed by atoms with Crippen LogP contribution in [0.15, 0.2) is 59.5 Å². The van der Waals surface area contributed by atoms with Crippen molar-refractivity contribution in [2.45, 2.75) is 11.3 Å². The second kappa shape index (κ2) is 8.65.